The third kappa shape index (κ3) is 3.97. The monoisotopic (exact) mass is 351 g/mol. The van der Waals surface area contributed by atoms with Crippen molar-refractivity contribution < 1.29 is 22.7 Å². The second kappa shape index (κ2) is 6.30. The number of hydrogen-bond donors (Lipinski definition) is 2. The Bertz CT molecular complexity index is 923. The third-order valence-corrected chi connectivity index (χ3v) is 3.15. The first-order valence-electron chi connectivity index (χ1n) is 7.05. The van der Waals surface area contributed by atoms with Gasteiger partial charge in [-0.05, 0) is 24.3 Å². The van der Waals surface area contributed by atoms with Crippen molar-refractivity contribution >= 4 is 17.5 Å². The number of ether oxygens (including phenoxy) is 1. The quantitative estimate of drug-likeness (QED) is 0.760. The van der Waals surface area contributed by atoms with Crippen LogP contribution in [0.15, 0.2) is 42.6 Å². The maximum Gasteiger partial charge on any atom is 0.573 e. The Morgan fingerprint density at radius 3 is 2.76 bits per heavy atom. The molecule has 10 heteroatoms. The van der Waals surface area contributed by atoms with E-state index in [0.29, 0.717) is 16.9 Å². The van der Waals surface area contributed by atoms with Crippen molar-refractivity contribution in [1.29, 1.82) is 0 Å². The fourth-order valence-corrected chi connectivity index (χ4v) is 2.13. The number of halogens is 3. The van der Waals surface area contributed by atoms with E-state index < -0.39 is 12.4 Å². The predicted molar refractivity (Wildman–Crippen MR) is 83.2 cm³/mol. The number of urea groups is 1. The zero-order chi connectivity index (χ0) is 18.0. The van der Waals surface area contributed by atoms with E-state index in [4.69, 9.17) is 0 Å². The Hall–Kier alpha value is -3.30. The van der Waals surface area contributed by atoms with Crippen LogP contribution in [0.1, 0.15) is 0 Å². The fourth-order valence-electron chi connectivity index (χ4n) is 2.13. The lowest BCUT2D eigenvalue weighted by molar-refractivity contribution is -0.274. The molecule has 2 heterocycles. The molecule has 0 bridgehead atoms. The van der Waals surface area contributed by atoms with Crippen LogP contribution in [0.25, 0.3) is 16.9 Å². The highest BCUT2D eigenvalue weighted by Gasteiger charge is 2.31. The van der Waals surface area contributed by atoms with Gasteiger partial charge in [0, 0.05) is 12.6 Å². The Morgan fingerprint density at radius 2 is 2.04 bits per heavy atom. The first kappa shape index (κ1) is 16.6. The molecule has 2 amide bonds. The number of aromatic nitrogens is 3. The molecule has 2 aromatic heterocycles. The number of imidazole rings is 1. The average molecular weight is 351 g/mol. The Labute approximate surface area is 139 Å². The van der Waals surface area contributed by atoms with Gasteiger partial charge in [-0.2, -0.15) is 5.10 Å². The van der Waals surface area contributed by atoms with Crippen LogP contribution in [0, 0.1) is 0 Å². The van der Waals surface area contributed by atoms with E-state index in [0.717, 1.165) is 0 Å². The zero-order valence-electron chi connectivity index (χ0n) is 12.8. The lowest BCUT2D eigenvalue weighted by Gasteiger charge is -2.09. The fraction of sp³-hybridized carbons (Fsp3) is 0.133. The second-order valence-electron chi connectivity index (χ2n) is 4.93. The van der Waals surface area contributed by atoms with Gasteiger partial charge in [0.15, 0.2) is 11.5 Å². The van der Waals surface area contributed by atoms with Crippen molar-refractivity contribution in [2.75, 3.05) is 12.4 Å². The number of carbonyl (C=O) groups excluding carboxylic acids is 1. The first-order valence-corrected chi connectivity index (χ1v) is 7.05. The summed E-state index contributed by atoms with van der Waals surface area (Å²) in [4.78, 5) is 15.5. The summed E-state index contributed by atoms with van der Waals surface area (Å²) in [6.07, 6.45) is -3.27. The van der Waals surface area contributed by atoms with Crippen LogP contribution in [0.2, 0.25) is 0 Å². The van der Waals surface area contributed by atoms with Gasteiger partial charge in [0.25, 0.3) is 0 Å². The van der Waals surface area contributed by atoms with Gasteiger partial charge >= 0.3 is 12.4 Å². The van der Waals surface area contributed by atoms with Gasteiger partial charge in [-0.25, -0.2) is 14.3 Å². The number of alkyl halides is 3. The highest BCUT2D eigenvalue weighted by molar-refractivity contribution is 5.88. The number of benzene rings is 1. The molecule has 0 unspecified atom stereocenters. The number of amides is 2. The molecular formula is C15H12F3N5O2. The maximum absolute atomic E-state index is 12.3. The van der Waals surface area contributed by atoms with Gasteiger partial charge in [-0.1, -0.05) is 12.1 Å². The summed E-state index contributed by atoms with van der Waals surface area (Å²) in [6, 6.07) is 8.31. The number of carbonyl (C=O) groups is 1. The molecule has 7 nitrogen and oxygen atoms in total. The molecule has 3 rings (SSSR count). The van der Waals surface area contributed by atoms with Crippen LogP contribution in [0.4, 0.5) is 23.8 Å². The standard InChI is InChI=1S/C15H12F3N5O2/c1-19-14(24)21-12-8-23-13(20-12)6-5-11(22-23)9-3-2-4-10(7-9)25-15(16,17)18/h2-8H,1H3,(H2,19,21,24). The number of nitrogens with zero attached hydrogens (tertiary/aromatic N) is 3. The smallest absolute Gasteiger partial charge is 0.406 e. The zero-order valence-corrected chi connectivity index (χ0v) is 12.8. The summed E-state index contributed by atoms with van der Waals surface area (Å²) in [7, 11) is 1.47. The van der Waals surface area contributed by atoms with Gasteiger partial charge < -0.3 is 10.1 Å². The Morgan fingerprint density at radius 1 is 1.24 bits per heavy atom. The van der Waals surface area contributed by atoms with Crippen molar-refractivity contribution in [3.8, 4) is 17.0 Å². The lowest BCUT2D eigenvalue weighted by atomic mass is 10.1. The molecule has 0 atom stereocenters. The van der Waals surface area contributed by atoms with E-state index in [2.05, 4.69) is 25.5 Å². The van der Waals surface area contributed by atoms with Gasteiger partial charge in [-0.15, -0.1) is 13.2 Å². The van der Waals surface area contributed by atoms with Crippen molar-refractivity contribution in [3.05, 3.63) is 42.6 Å². The lowest BCUT2D eigenvalue weighted by Crippen LogP contribution is -2.24. The van der Waals surface area contributed by atoms with Crippen LogP contribution in [0.5, 0.6) is 5.75 Å². The molecule has 0 saturated carbocycles. The first-order chi connectivity index (χ1) is 11.8. The highest BCUT2D eigenvalue weighted by atomic mass is 19.4. The molecule has 0 aliphatic heterocycles. The van der Waals surface area contributed by atoms with E-state index in [1.807, 2.05) is 0 Å². The van der Waals surface area contributed by atoms with Crippen LogP contribution in [-0.4, -0.2) is 34.0 Å². The van der Waals surface area contributed by atoms with Crippen LogP contribution in [0.3, 0.4) is 0 Å². The van der Waals surface area contributed by atoms with Gasteiger partial charge in [0.1, 0.15) is 5.75 Å². The third-order valence-electron chi connectivity index (χ3n) is 3.15. The van der Waals surface area contributed by atoms with E-state index in [-0.39, 0.29) is 11.6 Å². The number of nitrogens with one attached hydrogen (secondary N) is 2. The SMILES string of the molecule is CNC(=O)Nc1cn2nc(-c3cccc(OC(F)(F)F)c3)ccc2n1. The predicted octanol–water partition coefficient (Wildman–Crippen LogP) is 3.05. The Balaban J connectivity index is 1.91. The van der Waals surface area contributed by atoms with Gasteiger partial charge in [0.05, 0.1) is 11.9 Å². The number of fused-ring (bicyclic) bond motifs is 1. The summed E-state index contributed by atoms with van der Waals surface area (Å²) >= 11 is 0. The molecule has 0 spiro atoms. The summed E-state index contributed by atoms with van der Waals surface area (Å²) in [5.41, 5.74) is 1.33. The molecule has 0 aliphatic rings. The van der Waals surface area contributed by atoms with Gasteiger partial charge in [0.2, 0.25) is 0 Å². The average Bonchev–Trinajstić information content (AvgIpc) is 2.94. The molecule has 25 heavy (non-hydrogen) atoms. The number of hydrogen-bond acceptors (Lipinski definition) is 4. The van der Waals surface area contributed by atoms with Crippen LogP contribution >= 0.6 is 0 Å². The minimum atomic E-state index is -4.76. The normalized spacial score (nSPS) is 11.4. The van der Waals surface area contributed by atoms with E-state index in [1.54, 1.807) is 18.2 Å². The molecule has 0 saturated heterocycles. The van der Waals surface area contributed by atoms with Crippen molar-refractivity contribution in [2.24, 2.45) is 0 Å². The molecule has 130 valence electrons. The Kier molecular flexibility index (Phi) is 4.17. The van der Waals surface area contributed by atoms with E-state index in [1.165, 1.54) is 36.0 Å². The van der Waals surface area contributed by atoms with Crippen LogP contribution in [-0.2, 0) is 0 Å². The van der Waals surface area contributed by atoms with Crippen molar-refractivity contribution in [3.63, 3.8) is 0 Å². The maximum atomic E-state index is 12.3. The minimum absolute atomic E-state index is 0.290. The van der Waals surface area contributed by atoms with Crippen molar-refractivity contribution in [2.45, 2.75) is 6.36 Å². The highest BCUT2D eigenvalue weighted by Crippen LogP contribution is 2.27. The number of anilines is 1. The molecule has 3 aromatic rings. The van der Waals surface area contributed by atoms with Gasteiger partial charge in [-0.3, -0.25) is 5.32 Å². The van der Waals surface area contributed by atoms with E-state index in [9.17, 15) is 18.0 Å². The van der Waals surface area contributed by atoms with E-state index >= 15 is 0 Å². The van der Waals surface area contributed by atoms with Crippen LogP contribution < -0.4 is 15.4 Å². The topological polar surface area (TPSA) is 80.6 Å². The largest absolute Gasteiger partial charge is 0.573 e. The number of rotatable bonds is 3. The molecule has 0 aliphatic carbocycles. The summed E-state index contributed by atoms with van der Waals surface area (Å²) < 4.78 is 42.3. The molecule has 2 N–H and O–H groups in total. The summed E-state index contributed by atoms with van der Waals surface area (Å²) in [5, 5.41) is 9.18. The summed E-state index contributed by atoms with van der Waals surface area (Å²) in [5.74, 6) is -0.0438. The molecular weight excluding hydrogens is 339 g/mol. The molecule has 0 radical (unpaired) electrons. The minimum Gasteiger partial charge on any atom is -0.406 e. The molecule has 1 aromatic carbocycles. The summed E-state index contributed by atoms with van der Waals surface area (Å²) in [6.45, 7) is 0. The van der Waals surface area contributed by atoms with Crippen molar-refractivity contribution in [1.82, 2.24) is 19.9 Å². The second-order valence-corrected chi connectivity index (χ2v) is 4.93. The molecule has 0 fully saturated rings.